The van der Waals surface area contributed by atoms with Gasteiger partial charge in [-0.2, -0.15) is 13.2 Å². The van der Waals surface area contributed by atoms with E-state index in [1.807, 2.05) is 24.3 Å². The molecule has 4 aromatic rings. The van der Waals surface area contributed by atoms with Crippen molar-refractivity contribution in [1.82, 2.24) is 4.98 Å². The normalized spacial score (nSPS) is 11.6. The fourth-order valence-electron chi connectivity index (χ4n) is 2.97. The molecule has 0 atom stereocenters. The Hall–Kier alpha value is -3.17. The molecule has 0 fully saturated rings. The van der Waals surface area contributed by atoms with Crippen LogP contribution in [0.25, 0.3) is 11.0 Å². The van der Waals surface area contributed by atoms with Crippen LogP contribution in [0.5, 0.6) is 0 Å². The molecule has 0 saturated carbocycles. The summed E-state index contributed by atoms with van der Waals surface area (Å²) < 4.78 is 46.2. The number of aromatic carboxylic acids is 1. The molecule has 32 heavy (non-hydrogen) atoms. The lowest BCUT2D eigenvalue weighted by Crippen LogP contribution is -2.17. The Morgan fingerprint density at radius 1 is 1.12 bits per heavy atom. The monoisotopic (exact) mass is 478 g/mol. The summed E-state index contributed by atoms with van der Waals surface area (Å²) in [4.78, 5) is 15.7. The molecule has 10 heteroatoms. The highest BCUT2D eigenvalue weighted by Gasteiger charge is 2.32. The van der Waals surface area contributed by atoms with E-state index >= 15 is 0 Å². The molecule has 2 aromatic carbocycles. The molecule has 164 valence electrons. The van der Waals surface area contributed by atoms with Gasteiger partial charge >= 0.3 is 12.1 Å². The van der Waals surface area contributed by atoms with Gasteiger partial charge in [0.1, 0.15) is 5.58 Å². The minimum atomic E-state index is -4.57. The second-order valence-corrected chi connectivity index (χ2v) is 8.28. The van der Waals surface area contributed by atoms with E-state index in [4.69, 9.17) is 21.1 Å². The van der Waals surface area contributed by atoms with Crippen molar-refractivity contribution in [2.24, 2.45) is 0 Å². The van der Waals surface area contributed by atoms with Gasteiger partial charge in [-0.05, 0) is 60.0 Å². The minimum Gasteiger partial charge on any atom is -0.478 e. The Balaban J connectivity index is 1.69. The van der Waals surface area contributed by atoms with Crippen LogP contribution in [0.1, 0.15) is 21.5 Å². The molecular weight excluding hydrogens is 465 g/mol. The maximum Gasteiger partial charge on any atom is 0.417 e. The highest BCUT2D eigenvalue weighted by molar-refractivity contribution is 8.00. The molecule has 5 nitrogen and oxygen atoms in total. The first-order valence-electron chi connectivity index (χ1n) is 9.18. The van der Waals surface area contributed by atoms with Gasteiger partial charge in [-0.25, -0.2) is 9.78 Å². The number of rotatable bonds is 6. The number of benzene rings is 2. The molecule has 0 aliphatic heterocycles. The molecule has 0 aliphatic rings. The molecule has 0 unspecified atom stereocenters. The van der Waals surface area contributed by atoms with Crippen LogP contribution in [-0.2, 0) is 12.7 Å². The zero-order chi connectivity index (χ0) is 22.9. The van der Waals surface area contributed by atoms with Crippen LogP contribution in [-0.4, -0.2) is 16.1 Å². The van der Waals surface area contributed by atoms with E-state index in [9.17, 15) is 18.0 Å². The molecule has 2 aromatic heterocycles. The lowest BCUT2D eigenvalue weighted by Gasteiger charge is -2.24. The fourth-order valence-corrected chi connectivity index (χ4v) is 4.24. The molecule has 0 spiro atoms. The zero-order valence-electron chi connectivity index (χ0n) is 16.1. The zero-order valence-corrected chi connectivity index (χ0v) is 17.7. The number of fused-ring (bicyclic) bond motifs is 1. The first-order chi connectivity index (χ1) is 15.2. The summed E-state index contributed by atoms with van der Waals surface area (Å²) in [7, 11) is 0. The molecule has 0 bridgehead atoms. The third kappa shape index (κ3) is 4.84. The van der Waals surface area contributed by atoms with Gasteiger partial charge in [-0.1, -0.05) is 23.7 Å². The highest BCUT2D eigenvalue weighted by atomic mass is 35.5. The van der Waals surface area contributed by atoms with E-state index in [0.29, 0.717) is 10.5 Å². The molecule has 1 N–H and O–H groups in total. The van der Waals surface area contributed by atoms with Crippen molar-refractivity contribution < 1.29 is 27.5 Å². The number of hydrogen-bond donors (Lipinski definition) is 1. The van der Waals surface area contributed by atoms with E-state index in [1.165, 1.54) is 24.1 Å². The standard InChI is InChI=1S/C22H14ClF3N2O3S/c23-18-10-16(22(24,25)26)11-27-20(18)28(32-17-5-3-15(4-6-17)21(29)30)12-13-1-2-14-7-8-31-19(14)9-13/h1-11H,12H2,(H,29,30). The third-order valence-electron chi connectivity index (χ3n) is 4.55. The van der Waals surface area contributed by atoms with Crippen LogP contribution in [0, 0.1) is 0 Å². The van der Waals surface area contributed by atoms with Crippen molar-refractivity contribution in [1.29, 1.82) is 0 Å². The Morgan fingerprint density at radius 3 is 2.53 bits per heavy atom. The minimum absolute atomic E-state index is 0.120. The van der Waals surface area contributed by atoms with Gasteiger partial charge in [0, 0.05) is 16.5 Å². The molecule has 4 rings (SSSR count). The van der Waals surface area contributed by atoms with Crippen molar-refractivity contribution in [2.75, 3.05) is 4.31 Å². The fraction of sp³-hybridized carbons (Fsp3) is 0.0909. The van der Waals surface area contributed by atoms with E-state index in [2.05, 4.69) is 4.98 Å². The smallest absolute Gasteiger partial charge is 0.417 e. The lowest BCUT2D eigenvalue weighted by atomic mass is 10.1. The van der Waals surface area contributed by atoms with Crippen molar-refractivity contribution in [3.05, 3.63) is 88.8 Å². The van der Waals surface area contributed by atoms with E-state index < -0.39 is 17.7 Å². The van der Waals surface area contributed by atoms with Crippen LogP contribution < -0.4 is 4.31 Å². The first-order valence-corrected chi connectivity index (χ1v) is 10.3. The Bertz CT molecular complexity index is 1280. The van der Waals surface area contributed by atoms with Gasteiger partial charge < -0.3 is 9.52 Å². The number of nitrogens with zero attached hydrogens (tertiary/aromatic N) is 2. The van der Waals surface area contributed by atoms with Crippen LogP contribution in [0.15, 0.2) is 76.4 Å². The number of anilines is 1. The lowest BCUT2D eigenvalue weighted by molar-refractivity contribution is -0.137. The predicted molar refractivity (Wildman–Crippen MR) is 116 cm³/mol. The van der Waals surface area contributed by atoms with Crippen LogP contribution in [0.3, 0.4) is 0 Å². The number of carboxylic acids is 1. The summed E-state index contributed by atoms with van der Waals surface area (Å²) in [6.45, 7) is 0.250. The summed E-state index contributed by atoms with van der Waals surface area (Å²) in [6.07, 6.45) is -2.26. The highest BCUT2D eigenvalue weighted by Crippen LogP contribution is 2.38. The largest absolute Gasteiger partial charge is 0.478 e. The van der Waals surface area contributed by atoms with E-state index in [1.54, 1.807) is 22.7 Å². The van der Waals surface area contributed by atoms with E-state index in [-0.39, 0.29) is 22.9 Å². The number of carbonyl (C=O) groups is 1. The number of furan rings is 1. The molecule has 0 radical (unpaired) electrons. The summed E-state index contributed by atoms with van der Waals surface area (Å²) in [6, 6.07) is 14.3. The average molecular weight is 479 g/mol. The number of carboxylic acid groups (broad SMARTS) is 1. The van der Waals surface area contributed by atoms with Gasteiger partial charge in [0.25, 0.3) is 0 Å². The van der Waals surface area contributed by atoms with Crippen molar-refractivity contribution in [2.45, 2.75) is 17.6 Å². The summed E-state index contributed by atoms with van der Waals surface area (Å²) >= 11 is 7.37. The van der Waals surface area contributed by atoms with Crippen LogP contribution >= 0.6 is 23.5 Å². The van der Waals surface area contributed by atoms with Crippen molar-refractivity contribution >= 4 is 46.3 Å². The predicted octanol–water partition coefficient (Wildman–Crippen LogP) is 6.91. The van der Waals surface area contributed by atoms with Crippen molar-refractivity contribution in [3.63, 3.8) is 0 Å². The molecule has 0 amide bonds. The van der Waals surface area contributed by atoms with Crippen LogP contribution in [0.2, 0.25) is 5.02 Å². The second kappa shape index (κ2) is 8.76. The molecular formula is C22H14ClF3N2O3S. The maximum atomic E-state index is 13.0. The van der Waals surface area contributed by atoms with Crippen LogP contribution in [0.4, 0.5) is 19.0 Å². The summed E-state index contributed by atoms with van der Waals surface area (Å²) in [5.74, 6) is -0.913. The Labute approximate surface area is 189 Å². The summed E-state index contributed by atoms with van der Waals surface area (Å²) in [5, 5.41) is 9.84. The number of aromatic nitrogens is 1. The molecule has 2 heterocycles. The van der Waals surface area contributed by atoms with E-state index in [0.717, 1.165) is 23.2 Å². The van der Waals surface area contributed by atoms with Gasteiger partial charge in [-0.15, -0.1) is 0 Å². The number of pyridine rings is 1. The molecule has 0 aliphatic carbocycles. The topological polar surface area (TPSA) is 66.6 Å². The van der Waals surface area contributed by atoms with Gasteiger partial charge in [0.2, 0.25) is 0 Å². The summed E-state index contributed by atoms with van der Waals surface area (Å²) in [5.41, 5.74) is 0.665. The SMILES string of the molecule is O=C(O)c1ccc(SN(Cc2ccc3ccoc3c2)c2ncc(C(F)(F)F)cc2Cl)cc1. The third-order valence-corrected chi connectivity index (χ3v) is 5.83. The average Bonchev–Trinajstić information content (AvgIpc) is 3.21. The number of halogens is 4. The number of alkyl halides is 3. The Morgan fingerprint density at radius 2 is 1.88 bits per heavy atom. The molecule has 0 saturated heterocycles. The maximum absolute atomic E-state index is 13.0. The Kier molecular flexibility index (Phi) is 6.03. The second-order valence-electron chi connectivity index (χ2n) is 6.78. The van der Waals surface area contributed by atoms with Gasteiger partial charge in [0.15, 0.2) is 5.82 Å². The first kappa shape index (κ1) is 22.0. The number of hydrogen-bond acceptors (Lipinski definition) is 5. The van der Waals surface area contributed by atoms with Gasteiger partial charge in [0.05, 0.1) is 29.0 Å². The van der Waals surface area contributed by atoms with Gasteiger partial charge in [-0.3, -0.25) is 4.31 Å². The quantitative estimate of drug-likeness (QED) is 0.304. The van der Waals surface area contributed by atoms with Crippen molar-refractivity contribution in [3.8, 4) is 0 Å².